The molecule has 0 spiro atoms. The molecule has 0 N–H and O–H groups in total. The van der Waals surface area contributed by atoms with Gasteiger partial charge in [0.2, 0.25) is 0 Å². The lowest BCUT2D eigenvalue weighted by molar-refractivity contribution is -0.128. The minimum absolute atomic E-state index is 0.123. The summed E-state index contributed by atoms with van der Waals surface area (Å²) in [5.74, 6) is 0. The van der Waals surface area contributed by atoms with Gasteiger partial charge in [0, 0.05) is 0 Å². The fourth-order valence-electron chi connectivity index (χ4n) is 1.46. The summed E-state index contributed by atoms with van der Waals surface area (Å²) >= 11 is 0. The number of ether oxygens (including phenoxy) is 2. The van der Waals surface area contributed by atoms with Crippen molar-refractivity contribution in [3.63, 3.8) is 0 Å². The van der Waals surface area contributed by atoms with Crippen LogP contribution in [0.4, 0.5) is 0 Å². The van der Waals surface area contributed by atoms with Crippen molar-refractivity contribution in [3.8, 4) is 0 Å². The first-order valence-corrected chi connectivity index (χ1v) is 4.64. The van der Waals surface area contributed by atoms with E-state index in [1.165, 1.54) is 5.56 Å². The van der Waals surface area contributed by atoms with Crippen LogP contribution < -0.4 is 0 Å². The topological polar surface area (TPSA) is 18.5 Å². The number of rotatable bonds is 1. The highest BCUT2D eigenvalue weighted by Crippen LogP contribution is 2.21. The minimum atomic E-state index is 0.123. The van der Waals surface area contributed by atoms with Crippen molar-refractivity contribution in [1.29, 1.82) is 0 Å². The summed E-state index contributed by atoms with van der Waals surface area (Å²) in [4.78, 5) is 0. The lowest BCUT2D eigenvalue weighted by Crippen LogP contribution is -2.28. The molecule has 0 radical (unpaired) electrons. The van der Waals surface area contributed by atoms with E-state index in [4.69, 9.17) is 9.47 Å². The van der Waals surface area contributed by atoms with Crippen LogP contribution in [0.5, 0.6) is 0 Å². The first-order valence-electron chi connectivity index (χ1n) is 4.64. The van der Waals surface area contributed by atoms with Crippen molar-refractivity contribution in [1.82, 2.24) is 0 Å². The maximum atomic E-state index is 5.65. The Bertz CT molecular complexity index is 250. The van der Waals surface area contributed by atoms with E-state index in [9.17, 15) is 0 Å². The van der Waals surface area contributed by atoms with Gasteiger partial charge in [0.15, 0.2) is 0 Å². The molecule has 0 saturated carbocycles. The Hall–Kier alpha value is -0.860. The molecular weight excluding hydrogens is 164 g/mol. The van der Waals surface area contributed by atoms with Crippen LogP contribution in [-0.2, 0) is 9.47 Å². The Morgan fingerprint density at radius 3 is 2.46 bits per heavy atom. The van der Waals surface area contributed by atoms with Crippen molar-refractivity contribution < 1.29 is 9.47 Å². The van der Waals surface area contributed by atoms with Gasteiger partial charge in [-0.2, -0.15) is 0 Å². The van der Waals surface area contributed by atoms with Crippen molar-refractivity contribution in [2.24, 2.45) is 0 Å². The molecule has 1 aliphatic heterocycles. The molecule has 1 aromatic rings. The van der Waals surface area contributed by atoms with Crippen molar-refractivity contribution in [2.45, 2.75) is 19.1 Å². The Balaban J connectivity index is 2.03. The third-order valence-corrected chi connectivity index (χ3v) is 2.24. The second-order valence-electron chi connectivity index (χ2n) is 3.38. The second kappa shape index (κ2) is 3.90. The molecule has 0 amide bonds. The largest absolute Gasteiger partial charge is 0.373 e. The molecule has 1 aliphatic rings. The second-order valence-corrected chi connectivity index (χ2v) is 3.38. The van der Waals surface area contributed by atoms with Crippen LogP contribution in [-0.4, -0.2) is 19.3 Å². The third-order valence-electron chi connectivity index (χ3n) is 2.24. The molecule has 1 fully saturated rings. The number of benzene rings is 1. The van der Waals surface area contributed by atoms with Gasteiger partial charge in [-0.25, -0.2) is 0 Å². The van der Waals surface area contributed by atoms with Crippen LogP contribution in [0, 0.1) is 0 Å². The fourth-order valence-corrected chi connectivity index (χ4v) is 1.46. The summed E-state index contributed by atoms with van der Waals surface area (Å²) < 4.78 is 11.2. The zero-order valence-corrected chi connectivity index (χ0v) is 7.77. The molecule has 13 heavy (non-hydrogen) atoms. The lowest BCUT2D eigenvalue weighted by Gasteiger charge is -2.27. The molecule has 2 rings (SSSR count). The van der Waals surface area contributed by atoms with Crippen LogP contribution in [0.1, 0.15) is 18.6 Å². The van der Waals surface area contributed by atoms with E-state index in [0.29, 0.717) is 13.2 Å². The fraction of sp³-hybridized carbons (Fsp3) is 0.455. The molecule has 1 aromatic carbocycles. The van der Waals surface area contributed by atoms with E-state index in [1.54, 1.807) is 0 Å². The summed E-state index contributed by atoms with van der Waals surface area (Å²) in [5, 5.41) is 0. The van der Waals surface area contributed by atoms with Gasteiger partial charge < -0.3 is 9.47 Å². The highest BCUT2D eigenvalue weighted by molar-refractivity contribution is 5.17. The maximum Gasteiger partial charge on any atom is 0.106 e. The molecule has 0 aromatic heterocycles. The van der Waals surface area contributed by atoms with E-state index in [0.717, 1.165) is 0 Å². The monoisotopic (exact) mass is 178 g/mol. The van der Waals surface area contributed by atoms with Gasteiger partial charge in [0.25, 0.3) is 0 Å². The molecular formula is C11H14O2. The Morgan fingerprint density at radius 2 is 1.85 bits per heavy atom. The summed E-state index contributed by atoms with van der Waals surface area (Å²) in [5.41, 5.74) is 1.20. The molecule has 2 heteroatoms. The van der Waals surface area contributed by atoms with E-state index in [-0.39, 0.29) is 12.2 Å². The average molecular weight is 178 g/mol. The predicted molar refractivity (Wildman–Crippen MR) is 50.5 cm³/mol. The molecule has 2 unspecified atom stereocenters. The van der Waals surface area contributed by atoms with E-state index in [2.05, 4.69) is 12.1 Å². The third kappa shape index (κ3) is 2.08. The first kappa shape index (κ1) is 8.73. The number of hydrogen-bond acceptors (Lipinski definition) is 2. The van der Waals surface area contributed by atoms with Crippen molar-refractivity contribution >= 4 is 0 Å². The van der Waals surface area contributed by atoms with Gasteiger partial charge in [0.1, 0.15) is 6.10 Å². The Kier molecular flexibility index (Phi) is 2.62. The summed E-state index contributed by atoms with van der Waals surface area (Å²) in [7, 11) is 0. The smallest absolute Gasteiger partial charge is 0.106 e. The summed E-state index contributed by atoms with van der Waals surface area (Å²) in [6.45, 7) is 3.39. The minimum Gasteiger partial charge on any atom is -0.373 e. The highest BCUT2D eigenvalue weighted by atomic mass is 16.6. The quantitative estimate of drug-likeness (QED) is 0.656. The molecule has 1 saturated heterocycles. The first-order chi connectivity index (χ1) is 6.36. The van der Waals surface area contributed by atoms with E-state index < -0.39 is 0 Å². The molecule has 0 bridgehead atoms. The zero-order chi connectivity index (χ0) is 9.10. The standard InChI is InChI=1S/C11H14O2/c1-9-7-13-11(8-12-9)10-5-3-2-4-6-10/h2-6,9,11H,7-8H2,1H3. The van der Waals surface area contributed by atoms with Crippen LogP contribution >= 0.6 is 0 Å². The maximum absolute atomic E-state index is 5.65. The Morgan fingerprint density at radius 1 is 1.08 bits per heavy atom. The molecule has 0 aliphatic carbocycles. The van der Waals surface area contributed by atoms with Gasteiger partial charge in [-0.1, -0.05) is 30.3 Å². The summed E-state index contributed by atoms with van der Waals surface area (Å²) in [6, 6.07) is 10.2. The van der Waals surface area contributed by atoms with Crippen LogP contribution in [0.15, 0.2) is 30.3 Å². The van der Waals surface area contributed by atoms with E-state index >= 15 is 0 Å². The molecule has 1 heterocycles. The van der Waals surface area contributed by atoms with Gasteiger partial charge >= 0.3 is 0 Å². The predicted octanol–water partition coefficient (Wildman–Crippen LogP) is 2.16. The van der Waals surface area contributed by atoms with Crippen LogP contribution in [0.25, 0.3) is 0 Å². The van der Waals surface area contributed by atoms with Crippen molar-refractivity contribution in [2.75, 3.05) is 13.2 Å². The Labute approximate surface area is 78.5 Å². The normalized spacial score (nSPS) is 28.7. The van der Waals surface area contributed by atoms with Crippen LogP contribution in [0.3, 0.4) is 0 Å². The zero-order valence-electron chi connectivity index (χ0n) is 7.77. The number of hydrogen-bond donors (Lipinski definition) is 0. The van der Waals surface area contributed by atoms with Gasteiger partial charge in [-0.3, -0.25) is 0 Å². The molecule has 70 valence electrons. The lowest BCUT2D eigenvalue weighted by atomic mass is 10.1. The van der Waals surface area contributed by atoms with Gasteiger partial charge in [-0.15, -0.1) is 0 Å². The highest BCUT2D eigenvalue weighted by Gasteiger charge is 2.19. The average Bonchev–Trinajstić information content (AvgIpc) is 2.20. The molecule has 2 nitrogen and oxygen atoms in total. The van der Waals surface area contributed by atoms with Crippen LogP contribution in [0.2, 0.25) is 0 Å². The molecule has 2 atom stereocenters. The van der Waals surface area contributed by atoms with Crippen molar-refractivity contribution in [3.05, 3.63) is 35.9 Å². The summed E-state index contributed by atoms with van der Waals surface area (Å²) in [6.07, 6.45) is 0.359. The van der Waals surface area contributed by atoms with Gasteiger partial charge in [0.05, 0.1) is 19.3 Å². The SMILES string of the molecule is CC1COC(c2ccccc2)CO1. The van der Waals surface area contributed by atoms with E-state index in [1.807, 2.05) is 25.1 Å². The van der Waals surface area contributed by atoms with Gasteiger partial charge in [-0.05, 0) is 12.5 Å².